The summed E-state index contributed by atoms with van der Waals surface area (Å²) in [7, 11) is 0. The van der Waals surface area contributed by atoms with E-state index in [1.807, 2.05) is 60.7 Å². The van der Waals surface area contributed by atoms with Crippen LogP contribution >= 0.6 is 0 Å². The van der Waals surface area contributed by atoms with Gasteiger partial charge in [-0.15, -0.1) is 0 Å². The molecule has 6 heteroatoms. The van der Waals surface area contributed by atoms with Crippen molar-refractivity contribution in [2.75, 3.05) is 26.3 Å². The predicted octanol–water partition coefficient (Wildman–Crippen LogP) is 5.07. The Labute approximate surface area is 244 Å². The maximum absolute atomic E-state index is 10.3. The van der Waals surface area contributed by atoms with Crippen LogP contribution in [0.5, 0.6) is 11.5 Å². The molecule has 0 aliphatic heterocycles. The lowest BCUT2D eigenvalue weighted by Crippen LogP contribution is -2.31. The van der Waals surface area contributed by atoms with Gasteiger partial charge in [-0.3, -0.25) is 0 Å². The summed E-state index contributed by atoms with van der Waals surface area (Å²) in [5, 5.41) is 27.1. The Morgan fingerprint density at radius 1 is 0.561 bits per heavy atom. The second kappa shape index (κ2) is 15.4. The summed E-state index contributed by atoms with van der Waals surface area (Å²) in [6.07, 6.45) is -1.19. The fourth-order valence-corrected chi connectivity index (χ4v) is 4.56. The first-order valence-corrected chi connectivity index (χ1v) is 14.2. The maximum atomic E-state index is 10.3. The molecular weight excluding hydrogens is 512 g/mol. The van der Waals surface area contributed by atoms with Crippen molar-refractivity contribution in [3.05, 3.63) is 131 Å². The highest BCUT2D eigenvalue weighted by Gasteiger charge is 2.23. The Hall–Kier alpha value is -3.68. The number of aliphatic hydroxyl groups is 2. The normalized spacial score (nSPS) is 13.0. The zero-order valence-electron chi connectivity index (χ0n) is 24.0. The molecule has 6 nitrogen and oxygen atoms in total. The molecule has 4 aromatic carbocycles. The highest BCUT2D eigenvalue weighted by atomic mass is 16.5. The van der Waals surface area contributed by atoms with Crippen LogP contribution in [0.2, 0.25) is 0 Å². The lowest BCUT2D eigenvalue weighted by molar-refractivity contribution is 0.106. The van der Waals surface area contributed by atoms with E-state index in [4.69, 9.17) is 9.47 Å². The molecule has 0 saturated carbocycles. The highest BCUT2D eigenvalue weighted by molar-refractivity contribution is 5.41. The van der Waals surface area contributed by atoms with Crippen molar-refractivity contribution < 1.29 is 19.7 Å². The van der Waals surface area contributed by atoms with Gasteiger partial charge >= 0.3 is 0 Å². The van der Waals surface area contributed by atoms with Crippen LogP contribution in [0.4, 0.5) is 0 Å². The molecule has 2 atom stereocenters. The number of nitrogens with one attached hydrogen (secondary N) is 2. The summed E-state index contributed by atoms with van der Waals surface area (Å²) >= 11 is 0. The fourth-order valence-electron chi connectivity index (χ4n) is 4.56. The van der Waals surface area contributed by atoms with Crippen LogP contribution in [0.3, 0.4) is 0 Å². The second-order valence-corrected chi connectivity index (χ2v) is 10.8. The van der Waals surface area contributed by atoms with E-state index in [0.29, 0.717) is 26.2 Å². The Balaban J connectivity index is 1.19. The molecule has 0 radical (unpaired) electrons. The van der Waals surface area contributed by atoms with Crippen molar-refractivity contribution in [2.45, 2.75) is 44.6 Å². The summed E-state index contributed by atoms with van der Waals surface area (Å²) in [5.41, 5.74) is 4.45. The largest absolute Gasteiger partial charge is 0.491 e. The molecule has 0 aliphatic rings. The number of ether oxygens (including phenoxy) is 2. The van der Waals surface area contributed by atoms with Crippen molar-refractivity contribution in [1.82, 2.24) is 10.6 Å². The minimum absolute atomic E-state index is 0.223. The van der Waals surface area contributed by atoms with Gasteiger partial charge in [0, 0.05) is 31.6 Å². The monoisotopic (exact) mass is 554 g/mol. The first-order valence-electron chi connectivity index (χ1n) is 14.2. The highest BCUT2D eigenvalue weighted by Crippen LogP contribution is 2.33. The lowest BCUT2D eigenvalue weighted by Gasteiger charge is -2.26. The van der Waals surface area contributed by atoms with Gasteiger partial charge in [-0.1, -0.05) is 98.8 Å². The summed E-state index contributed by atoms with van der Waals surface area (Å²) < 4.78 is 11.6. The van der Waals surface area contributed by atoms with Crippen molar-refractivity contribution in [3.63, 3.8) is 0 Å². The van der Waals surface area contributed by atoms with Crippen LogP contribution in [0.15, 0.2) is 109 Å². The molecule has 0 unspecified atom stereocenters. The topological polar surface area (TPSA) is 83.0 Å². The summed E-state index contributed by atoms with van der Waals surface area (Å²) in [4.78, 5) is 0. The van der Waals surface area contributed by atoms with Crippen LogP contribution in [-0.4, -0.2) is 48.7 Å². The molecule has 0 aromatic heterocycles. The number of rotatable bonds is 16. The zero-order chi connectivity index (χ0) is 28.9. The average Bonchev–Trinajstić information content (AvgIpc) is 3.00. The Kier molecular flexibility index (Phi) is 11.3. The minimum Gasteiger partial charge on any atom is -0.491 e. The van der Waals surface area contributed by atoms with Crippen molar-refractivity contribution >= 4 is 0 Å². The molecule has 0 spiro atoms. The van der Waals surface area contributed by atoms with Gasteiger partial charge in [0.1, 0.15) is 36.9 Å². The van der Waals surface area contributed by atoms with Crippen molar-refractivity contribution in [1.29, 1.82) is 0 Å². The molecule has 4 aromatic rings. The quantitative estimate of drug-likeness (QED) is 0.155. The van der Waals surface area contributed by atoms with Crippen molar-refractivity contribution in [3.8, 4) is 11.5 Å². The number of hydrogen-bond acceptors (Lipinski definition) is 6. The van der Waals surface area contributed by atoms with Gasteiger partial charge in [0.15, 0.2) is 0 Å². The molecule has 0 amide bonds. The van der Waals surface area contributed by atoms with E-state index in [1.54, 1.807) is 0 Å². The molecule has 0 heterocycles. The molecule has 0 saturated heterocycles. The standard InChI is InChI=1S/C35H42N2O4/c1-35(2,29-13-17-33(18-14-29)40-25-31(38)23-36-21-27-9-5-3-6-10-27)30-15-19-34(20-16-30)41-26-32(39)24-37-22-28-11-7-4-8-12-28/h3-20,31-32,36-39H,21-26H2,1-2H3/t31-,32-/m1/s1. The van der Waals surface area contributed by atoms with E-state index in [0.717, 1.165) is 22.6 Å². The number of aliphatic hydroxyl groups excluding tert-OH is 2. The Morgan fingerprint density at radius 3 is 1.29 bits per heavy atom. The van der Waals surface area contributed by atoms with E-state index < -0.39 is 12.2 Å². The van der Waals surface area contributed by atoms with Crippen LogP contribution < -0.4 is 20.1 Å². The van der Waals surface area contributed by atoms with E-state index >= 15 is 0 Å². The molecule has 0 bridgehead atoms. The molecular formula is C35H42N2O4. The van der Waals surface area contributed by atoms with Gasteiger partial charge in [0.05, 0.1) is 0 Å². The minimum atomic E-state index is -0.595. The third-order valence-corrected chi connectivity index (χ3v) is 7.14. The third-order valence-electron chi connectivity index (χ3n) is 7.14. The Bertz CT molecular complexity index is 1180. The smallest absolute Gasteiger partial charge is 0.119 e. The van der Waals surface area contributed by atoms with Crippen LogP contribution in [0.25, 0.3) is 0 Å². The molecule has 4 N–H and O–H groups in total. The van der Waals surface area contributed by atoms with Gasteiger partial charge in [-0.2, -0.15) is 0 Å². The fraction of sp³-hybridized carbons (Fsp3) is 0.314. The lowest BCUT2D eigenvalue weighted by atomic mass is 9.78. The van der Waals surface area contributed by atoms with Gasteiger partial charge in [0.2, 0.25) is 0 Å². The predicted molar refractivity (Wildman–Crippen MR) is 164 cm³/mol. The maximum Gasteiger partial charge on any atom is 0.119 e. The van der Waals surface area contributed by atoms with Crippen molar-refractivity contribution in [2.24, 2.45) is 0 Å². The van der Waals surface area contributed by atoms with Crippen LogP contribution in [-0.2, 0) is 18.5 Å². The van der Waals surface area contributed by atoms with Gasteiger partial charge in [-0.25, -0.2) is 0 Å². The zero-order valence-corrected chi connectivity index (χ0v) is 24.0. The molecule has 4 rings (SSSR count). The van der Waals surface area contributed by atoms with Crippen LogP contribution in [0, 0.1) is 0 Å². The third kappa shape index (κ3) is 9.73. The summed E-state index contributed by atoms with van der Waals surface area (Å²) in [6, 6.07) is 36.3. The SMILES string of the molecule is CC(C)(c1ccc(OC[C@H](O)CNCc2ccccc2)cc1)c1ccc(OC[C@H](O)CNCc2ccccc2)cc1. The molecule has 41 heavy (non-hydrogen) atoms. The number of benzene rings is 4. The van der Waals surface area contributed by atoms with Crippen LogP contribution in [0.1, 0.15) is 36.1 Å². The van der Waals surface area contributed by atoms with E-state index in [-0.39, 0.29) is 18.6 Å². The van der Waals surface area contributed by atoms with E-state index in [9.17, 15) is 10.2 Å². The Morgan fingerprint density at radius 2 is 0.927 bits per heavy atom. The second-order valence-electron chi connectivity index (χ2n) is 10.8. The van der Waals surface area contributed by atoms with Gasteiger partial charge < -0.3 is 30.3 Å². The number of hydrogen-bond donors (Lipinski definition) is 4. The van der Waals surface area contributed by atoms with E-state index in [2.05, 4.69) is 73.0 Å². The summed E-state index contributed by atoms with van der Waals surface area (Å²) in [6.45, 7) is 7.17. The molecule has 0 fully saturated rings. The van der Waals surface area contributed by atoms with Gasteiger partial charge in [-0.05, 0) is 46.5 Å². The summed E-state index contributed by atoms with van der Waals surface area (Å²) in [5.74, 6) is 1.46. The first-order chi connectivity index (χ1) is 19.9. The van der Waals surface area contributed by atoms with E-state index in [1.165, 1.54) is 11.1 Å². The first kappa shape index (κ1) is 30.3. The molecule has 216 valence electrons. The van der Waals surface area contributed by atoms with Gasteiger partial charge in [0.25, 0.3) is 0 Å². The average molecular weight is 555 g/mol. The molecule has 0 aliphatic carbocycles.